The van der Waals surface area contributed by atoms with Gasteiger partial charge in [0.25, 0.3) is 11.5 Å². The average molecular weight is 416 g/mol. The topological polar surface area (TPSA) is 95.2 Å². The van der Waals surface area contributed by atoms with Crippen LogP contribution >= 0.6 is 0 Å². The van der Waals surface area contributed by atoms with Crippen LogP contribution < -0.4 is 21.3 Å². The predicted molar refractivity (Wildman–Crippen MR) is 118 cm³/mol. The van der Waals surface area contributed by atoms with E-state index in [1.807, 2.05) is 19.1 Å². The van der Waals surface area contributed by atoms with Crippen LogP contribution in [0.25, 0.3) is 16.7 Å². The van der Waals surface area contributed by atoms with Crippen molar-refractivity contribution in [1.82, 2.24) is 14.1 Å². The highest BCUT2D eigenvalue weighted by molar-refractivity contribution is 6.06. The first kappa shape index (κ1) is 20.1. The quantitative estimate of drug-likeness (QED) is 0.552. The molecule has 0 aliphatic heterocycles. The Labute approximate surface area is 177 Å². The fraction of sp³-hybridized carbons (Fsp3) is 0.130. The molecule has 0 unspecified atom stereocenters. The first-order chi connectivity index (χ1) is 14.9. The number of fused-ring (bicyclic) bond motifs is 1. The molecule has 0 radical (unpaired) electrons. The highest BCUT2D eigenvalue weighted by Crippen LogP contribution is 2.24. The predicted octanol–water partition coefficient (Wildman–Crippen LogP) is 2.65. The van der Waals surface area contributed by atoms with Gasteiger partial charge in [0.2, 0.25) is 0 Å². The van der Waals surface area contributed by atoms with Gasteiger partial charge in [-0.1, -0.05) is 29.8 Å². The van der Waals surface area contributed by atoms with Gasteiger partial charge in [-0.3, -0.25) is 14.2 Å². The van der Waals surface area contributed by atoms with Crippen molar-refractivity contribution in [2.24, 2.45) is 7.05 Å². The van der Waals surface area contributed by atoms with Crippen LogP contribution in [0.2, 0.25) is 0 Å². The van der Waals surface area contributed by atoms with Crippen LogP contribution in [0.3, 0.4) is 0 Å². The first-order valence-corrected chi connectivity index (χ1v) is 9.54. The molecule has 8 heteroatoms. The van der Waals surface area contributed by atoms with Crippen LogP contribution in [0.15, 0.2) is 70.4 Å². The number of anilines is 1. The molecule has 0 aliphatic carbocycles. The number of para-hydroxylation sites is 2. The van der Waals surface area contributed by atoms with Crippen molar-refractivity contribution >= 4 is 22.6 Å². The number of carbonyl (C=O) groups is 1. The minimum Gasteiger partial charge on any atom is -0.495 e. The fourth-order valence-electron chi connectivity index (χ4n) is 3.29. The molecule has 1 N–H and O–H groups in total. The van der Waals surface area contributed by atoms with Gasteiger partial charge in [0.15, 0.2) is 5.65 Å². The third-order valence-corrected chi connectivity index (χ3v) is 5.00. The van der Waals surface area contributed by atoms with Gasteiger partial charge < -0.3 is 10.1 Å². The molecule has 31 heavy (non-hydrogen) atoms. The second-order valence-corrected chi connectivity index (χ2v) is 7.07. The average Bonchev–Trinajstić information content (AvgIpc) is 2.79. The molecule has 2 aromatic carbocycles. The number of methoxy groups -OCH3 is 1. The molecule has 0 saturated heterocycles. The molecule has 4 rings (SSSR count). The lowest BCUT2D eigenvalue weighted by molar-refractivity contribution is 0.102. The first-order valence-electron chi connectivity index (χ1n) is 9.54. The van der Waals surface area contributed by atoms with Crippen molar-refractivity contribution in [2.75, 3.05) is 12.4 Å². The number of pyridine rings is 1. The number of nitrogens with one attached hydrogen (secondary N) is 1. The second-order valence-electron chi connectivity index (χ2n) is 7.07. The summed E-state index contributed by atoms with van der Waals surface area (Å²) < 4.78 is 7.62. The van der Waals surface area contributed by atoms with Crippen molar-refractivity contribution in [3.05, 3.63) is 92.8 Å². The van der Waals surface area contributed by atoms with Crippen LogP contribution in [-0.4, -0.2) is 27.1 Å². The molecule has 0 fully saturated rings. The molecule has 0 bridgehead atoms. The number of aryl methyl sites for hydroxylation is 1. The lowest BCUT2D eigenvalue weighted by atomic mass is 10.2. The zero-order valence-corrected chi connectivity index (χ0v) is 17.2. The second kappa shape index (κ2) is 7.91. The maximum atomic E-state index is 12.8. The molecule has 156 valence electrons. The molecule has 2 aromatic heterocycles. The Hall–Kier alpha value is -4.20. The largest absolute Gasteiger partial charge is 0.495 e. The summed E-state index contributed by atoms with van der Waals surface area (Å²) >= 11 is 0. The number of hydrogen-bond acceptors (Lipinski definition) is 5. The number of hydrogen-bond donors (Lipinski definition) is 1. The maximum absolute atomic E-state index is 12.8. The number of aromatic nitrogens is 3. The van der Waals surface area contributed by atoms with E-state index in [4.69, 9.17) is 4.74 Å². The van der Waals surface area contributed by atoms with E-state index in [9.17, 15) is 14.4 Å². The number of amides is 1. The summed E-state index contributed by atoms with van der Waals surface area (Å²) in [6, 6.07) is 15.7. The third kappa shape index (κ3) is 3.59. The molecule has 0 saturated carbocycles. The molecule has 8 nitrogen and oxygen atoms in total. The van der Waals surface area contributed by atoms with Gasteiger partial charge in [0.1, 0.15) is 5.75 Å². The van der Waals surface area contributed by atoms with Gasteiger partial charge in [-0.2, -0.15) is 0 Å². The standard InChI is InChI=1S/C23H20N4O4/c1-14-8-10-16(11-9-14)27-20-17(22(29)26(2)23(27)30)12-15(13-24-20)21(28)25-18-6-4-5-7-19(18)31-3/h4-13H,1-3H3,(H,25,28). The molecule has 0 spiro atoms. The van der Waals surface area contributed by atoms with Crippen LogP contribution in [0.1, 0.15) is 15.9 Å². The van der Waals surface area contributed by atoms with E-state index in [-0.39, 0.29) is 16.6 Å². The van der Waals surface area contributed by atoms with Crippen LogP contribution in [0, 0.1) is 6.92 Å². The molecular formula is C23H20N4O4. The monoisotopic (exact) mass is 416 g/mol. The molecule has 4 aromatic rings. The zero-order valence-electron chi connectivity index (χ0n) is 17.2. The Bertz CT molecular complexity index is 1420. The summed E-state index contributed by atoms with van der Waals surface area (Å²) in [5.74, 6) is 0.0581. The van der Waals surface area contributed by atoms with E-state index >= 15 is 0 Å². The Kier molecular flexibility index (Phi) is 5.12. The van der Waals surface area contributed by atoms with Crippen LogP contribution in [0.5, 0.6) is 5.75 Å². The van der Waals surface area contributed by atoms with E-state index in [1.165, 1.54) is 31.0 Å². The van der Waals surface area contributed by atoms with Crippen molar-refractivity contribution < 1.29 is 9.53 Å². The number of rotatable bonds is 4. The highest BCUT2D eigenvalue weighted by atomic mass is 16.5. The van der Waals surface area contributed by atoms with Gasteiger partial charge in [0, 0.05) is 13.2 Å². The SMILES string of the molecule is COc1ccccc1NC(=O)c1cnc2c(c1)c(=O)n(C)c(=O)n2-c1ccc(C)cc1. The number of nitrogens with zero attached hydrogens (tertiary/aromatic N) is 3. The number of benzene rings is 2. The minimum atomic E-state index is -0.525. The van der Waals surface area contributed by atoms with Gasteiger partial charge >= 0.3 is 5.69 Å². The summed E-state index contributed by atoms with van der Waals surface area (Å²) in [6.07, 6.45) is 1.34. The summed E-state index contributed by atoms with van der Waals surface area (Å²) in [5.41, 5.74) is 1.44. The van der Waals surface area contributed by atoms with Gasteiger partial charge in [-0.25, -0.2) is 14.3 Å². The molecular weight excluding hydrogens is 396 g/mol. The Morgan fingerprint density at radius 3 is 2.48 bits per heavy atom. The Balaban J connectivity index is 1.84. The Morgan fingerprint density at radius 1 is 1.06 bits per heavy atom. The fourth-order valence-corrected chi connectivity index (χ4v) is 3.29. The number of ether oxygens (including phenoxy) is 1. The van der Waals surface area contributed by atoms with E-state index in [2.05, 4.69) is 10.3 Å². The van der Waals surface area contributed by atoms with E-state index < -0.39 is 17.2 Å². The highest BCUT2D eigenvalue weighted by Gasteiger charge is 2.17. The van der Waals surface area contributed by atoms with Crippen LogP contribution in [-0.2, 0) is 7.05 Å². The molecule has 1 amide bonds. The van der Waals surface area contributed by atoms with Crippen molar-refractivity contribution in [1.29, 1.82) is 0 Å². The third-order valence-electron chi connectivity index (χ3n) is 5.00. The molecule has 0 atom stereocenters. The van der Waals surface area contributed by atoms with Crippen LogP contribution in [0.4, 0.5) is 5.69 Å². The van der Waals surface area contributed by atoms with E-state index in [1.54, 1.807) is 36.4 Å². The zero-order chi connectivity index (χ0) is 22.1. The van der Waals surface area contributed by atoms with Crippen molar-refractivity contribution in [3.63, 3.8) is 0 Å². The van der Waals surface area contributed by atoms with Gasteiger partial charge in [0.05, 0.1) is 29.4 Å². The van der Waals surface area contributed by atoms with Gasteiger partial charge in [-0.05, 0) is 37.3 Å². The van der Waals surface area contributed by atoms with E-state index in [0.29, 0.717) is 17.1 Å². The summed E-state index contributed by atoms with van der Waals surface area (Å²) in [7, 11) is 2.91. The van der Waals surface area contributed by atoms with E-state index in [0.717, 1.165) is 10.1 Å². The van der Waals surface area contributed by atoms with Gasteiger partial charge in [-0.15, -0.1) is 0 Å². The maximum Gasteiger partial charge on any atom is 0.337 e. The lowest BCUT2D eigenvalue weighted by Gasteiger charge is -2.13. The summed E-state index contributed by atoms with van der Waals surface area (Å²) in [6.45, 7) is 1.94. The van der Waals surface area contributed by atoms with Crippen molar-refractivity contribution in [2.45, 2.75) is 6.92 Å². The molecule has 0 aliphatic rings. The normalized spacial score (nSPS) is 10.8. The smallest absolute Gasteiger partial charge is 0.337 e. The summed E-state index contributed by atoms with van der Waals surface area (Å²) in [5, 5.41) is 2.92. The summed E-state index contributed by atoms with van der Waals surface area (Å²) in [4.78, 5) is 42.7. The Morgan fingerprint density at radius 2 is 1.77 bits per heavy atom. The lowest BCUT2D eigenvalue weighted by Crippen LogP contribution is -2.38. The van der Waals surface area contributed by atoms with Crippen molar-refractivity contribution in [3.8, 4) is 11.4 Å². The minimum absolute atomic E-state index is 0.162. The number of carbonyl (C=O) groups excluding carboxylic acids is 1. The molecule has 2 heterocycles.